The monoisotopic (exact) mass is 223 g/mol. The van der Waals surface area contributed by atoms with E-state index < -0.39 is 0 Å². The van der Waals surface area contributed by atoms with Crippen LogP contribution in [0.2, 0.25) is 0 Å². The molecule has 0 saturated heterocycles. The molecule has 0 radical (unpaired) electrons. The fraction of sp³-hybridized carbons (Fsp3) is 0. The van der Waals surface area contributed by atoms with Gasteiger partial charge in [-0.15, -0.1) is 0 Å². The highest BCUT2D eigenvalue weighted by atomic mass is 19.1. The molecule has 0 saturated carbocycles. The van der Waals surface area contributed by atoms with Crippen LogP contribution >= 0.6 is 0 Å². The summed E-state index contributed by atoms with van der Waals surface area (Å²) in [4.78, 5) is 4.27. The van der Waals surface area contributed by atoms with E-state index in [1.54, 1.807) is 12.3 Å². The Morgan fingerprint density at radius 1 is 0.882 bits per heavy atom. The first-order valence-corrected chi connectivity index (χ1v) is 5.44. The van der Waals surface area contributed by atoms with Crippen molar-refractivity contribution >= 4 is 10.8 Å². The first-order valence-electron chi connectivity index (χ1n) is 5.44. The lowest BCUT2D eigenvalue weighted by molar-refractivity contribution is 0.630. The van der Waals surface area contributed by atoms with Gasteiger partial charge in [0.1, 0.15) is 5.82 Å². The van der Waals surface area contributed by atoms with Crippen molar-refractivity contribution in [3.05, 3.63) is 66.6 Å². The van der Waals surface area contributed by atoms with Gasteiger partial charge in [0.25, 0.3) is 0 Å². The molecular formula is C15H10FN. The van der Waals surface area contributed by atoms with E-state index in [-0.39, 0.29) is 5.82 Å². The van der Waals surface area contributed by atoms with Gasteiger partial charge in [-0.1, -0.05) is 30.3 Å². The zero-order valence-corrected chi connectivity index (χ0v) is 9.10. The van der Waals surface area contributed by atoms with Gasteiger partial charge in [-0.05, 0) is 35.0 Å². The average Bonchev–Trinajstić information content (AvgIpc) is 2.39. The van der Waals surface area contributed by atoms with Gasteiger partial charge in [-0.3, -0.25) is 4.98 Å². The molecule has 17 heavy (non-hydrogen) atoms. The van der Waals surface area contributed by atoms with Crippen LogP contribution in [0.25, 0.3) is 22.0 Å². The highest BCUT2D eigenvalue weighted by Gasteiger charge is 2.06. The van der Waals surface area contributed by atoms with E-state index in [0.29, 0.717) is 0 Å². The summed E-state index contributed by atoms with van der Waals surface area (Å²) in [5.41, 5.74) is 1.63. The number of nitrogens with zero attached hydrogens (tertiary/aromatic N) is 1. The second kappa shape index (κ2) is 3.98. The quantitative estimate of drug-likeness (QED) is 0.606. The predicted molar refractivity (Wildman–Crippen MR) is 67.1 cm³/mol. The van der Waals surface area contributed by atoms with Crippen molar-refractivity contribution in [1.82, 2.24) is 4.98 Å². The van der Waals surface area contributed by atoms with E-state index >= 15 is 0 Å². The minimum atomic E-state index is -0.232. The molecule has 0 bridgehead atoms. The van der Waals surface area contributed by atoms with Crippen LogP contribution in [-0.4, -0.2) is 4.98 Å². The standard InChI is InChI=1S/C15H10FN/c16-12-9-11-5-1-2-6-13(11)14(10-12)15-7-3-4-8-17-15/h1-10H. The molecule has 1 aromatic heterocycles. The molecule has 0 aliphatic carbocycles. The van der Waals surface area contributed by atoms with Crippen molar-refractivity contribution in [1.29, 1.82) is 0 Å². The van der Waals surface area contributed by atoms with Crippen molar-refractivity contribution in [2.75, 3.05) is 0 Å². The Labute approximate surface area is 98.6 Å². The summed E-state index contributed by atoms with van der Waals surface area (Å²) in [6.07, 6.45) is 1.72. The second-order valence-electron chi connectivity index (χ2n) is 3.89. The van der Waals surface area contributed by atoms with E-state index in [0.717, 1.165) is 22.0 Å². The summed E-state index contributed by atoms with van der Waals surface area (Å²) in [6, 6.07) is 16.5. The number of benzene rings is 2. The van der Waals surface area contributed by atoms with Crippen molar-refractivity contribution < 1.29 is 4.39 Å². The number of pyridine rings is 1. The van der Waals surface area contributed by atoms with Crippen LogP contribution in [-0.2, 0) is 0 Å². The Bertz CT molecular complexity index is 662. The molecule has 2 heteroatoms. The Hall–Kier alpha value is -2.22. The molecule has 3 rings (SSSR count). The Balaban J connectivity index is 2.36. The van der Waals surface area contributed by atoms with E-state index in [1.165, 1.54) is 6.07 Å². The normalized spacial score (nSPS) is 10.6. The summed E-state index contributed by atoms with van der Waals surface area (Å²) in [6.45, 7) is 0. The molecule has 3 aromatic rings. The van der Waals surface area contributed by atoms with Crippen LogP contribution in [0.3, 0.4) is 0 Å². The molecule has 0 aliphatic heterocycles. The van der Waals surface area contributed by atoms with E-state index in [2.05, 4.69) is 4.98 Å². The number of rotatable bonds is 1. The SMILES string of the molecule is Fc1cc(-c2ccccn2)c2ccccc2c1. The predicted octanol–water partition coefficient (Wildman–Crippen LogP) is 4.04. The topological polar surface area (TPSA) is 12.9 Å². The fourth-order valence-electron chi connectivity index (χ4n) is 2.01. The second-order valence-corrected chi connectivity index (χ2v) is 3.89. The molecule has 1 nitrogen and oxygen atoms in total. The maximum Gasteiger partial charge on any atom is 0.124 e. The van der Waals surface area contributed by atoms with Crippen molar-refractivity contribution in [2.24, 2.45) is 0 Å². The molecule has 0 unspecified atom stereocenters. The maximum atomic E-state index is 13.6. The lowest BCUT2D eigenvalue weighted by atomic mass is 10.0. The van der Waals surface area contributed by atoms with Gasteiger partial charge >= 0.3 is 0 Å². The first kappa shape index (κ1) is 9.97. The van der Waals surface area contributed by atoms with Crippen LogP contribution in [0.15, 0.2) is 60.8 Å². The zero-order valence-electron chi connectivity index (χ0n) is 9.10. The summed E-state index contributed by atoms with van der Waals surface area (Å²) in [5.74, 6) is -0.232. The highest BCUT2D eigenvalue weighted by molar-refractivity contribution is 5.95. The number of aromatic nitrogens is 1. The minimum absolute atomic E-state index is 0.232. The molecule has 82 valence electrons. The van der Waals surface area contributed by atoms with Gasteiger partial charge in [0.2, 0.25) is 0 Å². The lowest BCUT2D eigenvalue weighted by Crippen LogP contribution is -1.86. The molecule has 1 heterocycles. The third-order valence-corrected chi connectivity index (χ3v) is 2.77. The molecule has 0 fully saturated rings. The summed E-state index contributed by atoms with van der Waals surface area (Å²) >= 11 is 0. The molecule has 0 atom stereocenters. The van der Waals surface area contributed by atoms with E-state index in [9.17, 15) is 4.39 Å². The molecular weight excluding hydrogens is 213 g/mol. The van der Waals surface area contributed by atoms with Gasteiger partial charge in [0.05, 0.1) is 5.69 Å². The molecule has 0 N–H and O–H groups in total. The number of halogens is 1. The Morgan fingerprint density at radius 2 is 1.71 bits per heavy atom. The van der Waals surface area contributed by atoms with Crippen molar-refractivity contribution in [3.63, 3.8) is 0 Å². The van der Waals surface area contributed by atoms with Crippen molar-refractivity contribution in [3.8, 4) is 11.3 Å². The maximum absolute atomic E-state index is 13.6. The van der Waals surface area contributed by atoms with Gasteiger partial charge < -0.3 is 0 Å². The Kier molecular flexibility index (Phi) is 2.33. The third-order valence-electron chi connectivity index (χ3n) is 2.77. The van der Waals surface area contributed by atoms with Crippen LogP contribution in [0.5, 0.6) is 0 Å². The average molecular weight is 223 g/mol. The lowest BCUT2D eigenvalue weighted by Gasteiger charge is -2.06. The van der Waals surface area contributed by atoms with Crippen molar-refractivity contribution in [2.45, 2.75) is 0 Å². The first-order chi connectivity index (χ1) is 8.34. The van der Waals surface area contributed by atoms with Gasteiger partial charge in [-0.25, -0.2) is 4.39 Å². The molecule has 0 aliphatic rings. The molecule has 2 aromatic carbocycles. The van der Waals surface area contributed by atoms with Crippen LogP contribution in [0, 0.1) is 5.82 Å². The Morgan fingerprint density at radius 3 is 2.53 bits per heavy atom. The van der Waals surface area contributed by atoms with Gasteiger partial charge in [0, 0.05) is 11.8 Å². The van der Waals surface area contributed by atoms with Gasteiger partial charge in [0.15, 0.2) is 0 Å². The smallest absolute Gasteiger partial charge is 0.124 e. The van der Waals surface area contributed by atoms with E-state index in [1.807, 2.05) is 42.5 Å². The highest BCUT2D eigenvalue weighted by Crippen LogP contribution is 2.28. The zero-order chi connectivity index (χ0) is 11.7. The van der Waals surface area contributed by atoms with Crippen LogP contribution < -0.4 is 0 Å². The van der Waals surface area contributed by atoms with E-state index in [4.69, 9.17) is 0 Å². The van der Waals surface area contributed by atoms with Crippen LogP contribution in [0.1, 0.15) is 0 Å². The molecule has 0 amide bonds. The number of hydrogen-bond donors (Lipinski definition) is 0. The third kappa shape index (κ3) is 1.78. The fourth-order valence-corrected chi connectivity index (χ4v) is 2.01. The number of hydrogen-bond acceptors (Lipinski definition) is 1. The molecule has 0 spiro atoms. The summed E-state index contributed by atoms with van der Waals surface area (Å²) in [7, 11) is 0. The summed E-state index contributed by atoms with van der Waals surface area (Å²) in [5, 5.41) is 1.92. The minimum Gasteiger partial charge on any atom is -0.256 e. The largest absolute Gasteiger partial charge is 0.256 e. The number of fused-ring (bicyclic) bond motifs is 1. The summed E-state index contributed by atoms with van der Waals surface area (Å²) < 4.78 is 13.6. The van der Waals surface area contributed by atoms with Gasteiger partial charge in [-0.2, -0.15) is 0 Å². The van der Waals surface area contributed by atoms with Crippen LogP contribution in [0.4, 0.5) is 4.39 Å².